The number of hydrogen-bond donors (Lipinski definition) is 1. The Morgan fingerprint density at radius 3 is 1.66 bits per heavy atom. The van der Waals surface area contributed by atoms with Gasteiger partial charge in [-0.15, -0.1) is 9.81 Å². The van der Waals surface area contributed by atoms with E-state index in [-0.39, 0.29) is 39.3 Å². The fourth-order valence-corrected chi connectivity index (χ4v) is 3.55. The number of benzene rings is 3. The summed E-state index contributed by atoms with van der Waals surface area (Å²) >= 11 is 0. The number of aromatic nitrogens is 3. The molecule has 0 atom stereocenters. The van der Waals surface area contributed by atoms with E-state index in [4.69, 9.17) is 0 Å². The van der Waals surface area contributed by atoms with Crippen LogP contribution in [-0.4, -0.2) is 27.9 Å². The Morgan fingerprint density at radius 1 is 0.656 bits per heavy atom. The van der Waals surface area contributed by atoms with Crippen molar-refractivity contribution in [3.8, 4) is 34.2 Å². The number of nitrogens with zero attached hydrogens (tertiary/aromatic N) is 5. The van der Waals surface area contributed by atoms with Gasteiger partial charge >= 0.3 is 0 Å². The summed E-state index contributed by atoms with van der Waals surface area (Å²) in [6.45, 7) is 0. The largest absolute Gasteiger partial charge is 0.294 e. The molecule has 0 spiro atoms. The minimum Gasteiger partial charge on any atom is -0.282 e. The van der Waals surface area contributed by atoms with Gasteiger partial charge in [0, 0.05) is 16.7 Å². The highest BCUT2D eigenvalue weighted by molar-refractivity contribution is 7.85. The number of hydrogen-bond acceptors (Lipinski definition) is 9. The second-order valence-corrected chi connectivity index (χ2v) is 7.95. The fraction of sp³-hybridized carbons (Fsp3) is 0. The van der Waals surface area contributed by atoms with Gasteiger partial charge in [0.1, 0.15) is 11.4 Å². The lowest BCUT2D eigenvalue weighted by atomic mass is 10.1. The Morgan fingerprint density at radius 2 is 1.16 bits per heavy atom. The van der Waals surface area contributed by atoms with Crippen molar-refractivity contribution in [1.82, 2.24) is 15.0 Å². The molecule has 3 aromatic carbocycles. The van der Waals surface area contributed by atoms with Crippen LogP contribution in [0.2, 0.25) is 0 Å². The smallest absolute Gasteiger partial charge is 0.282 e. The van der Waals surface area contributed by atoms with Gasteiger partial charge in [-0.3, -0.25) is 4.55 Å². The lowest BCUT2D eigenvalue weighted by molar-refractivity contribution is 0.483. The lowest BCUT2D eigenvalue weighted by Crippen LogP contribution is -2.02. The highest BCUT2D eigenvalue weighted by Crippen LogP contribution is 2.33. The van der Waals surface area contributed by atoms with Crippen LogP contribution in [0.15, 0.2) is 88.0 Å². The van der Waals surface area contributed by atoms with E-state index >= 15 is 0 Å². The third-order valence-electron chi connectivity index (χ3n) is 4.51. The maximum atomic E-state index is 11.6. The van der Waals surface area contributed by atoms with E-state index in [0.29, 0.717) is 11.1 Å². The van der Waals surface area contributed by atoms with Crippen LogP contribution < -0.4 is 0 Å². The van der Waals surface area contributed by atoms with Crippen molar-refractivity contribution in [2.45, 2.75) is 4.90 Å². The minimum absolute atomic E-state index is 0.0527. The molecule has 158 valence electrons. The molecule has 0 saturated heterocycles. The van der Waals surface area contributed by atoms with Crippen molar-refractivity contribution in [2.75, 3.05) is 0 Å². The molecule has 0 radical (unpaired) electrons. The molecule has 0 saturated carbocycles. The van der Waals surface area contributed by atoms with Gasteiger partial charge in [-0.1, -0.05) is 36.4 Å². The molecule has 11 heteroatoms. The van der Waals surface area contributed by atoms with Gasteiger partial charge in [0.15, 0.2) is 17.5 Å². The van der Waals surface area contributed by atoms with Gasteiger partial charge in [0.25, 0.3) is 10.1 Å². The van der Waals surface area contributed by atoms with Crippen LogP contribution in [0.25, 0.3) is 34.2 Å². The van der Waals surface area contributed by atoms with E-state index in [1.807, 2.05) is 0 Å². The molecule has 32 heavy (non-hydrogen) atoms. The van der Waals surface area contributed by atoms with Crippen LogP contribution >= 0.6 is 0 Å². The third-order valence-corrected chi connectivity index (χ3v) is 5.36. The first-order valence-corrected chi connectivity index (χ1v) is 10.5. The van der Waals surface area contributed by atoms with Crippen LogP contribution in [0.3, 0.4) is 0 Å². The van der Waals surface area contributed by atoms with E-state index in [0.717, 1.165) is 0 Å². The summed E-state index contributed by atoms with van der Waals surface area (Å²) in [5.74, 6) is 0.216. The Bertz CT molecular complexity index is 1390. The molecule has 0 aliphatic carbocycles. The van der Waals surface area contributed by atoms with Gasteiger partial charge in [-0.2, -0.15) is 8.42 Å². The molecule has 0 aliphatic heterocycles. The van der Waals surface area contributed by atoms with Crippen molar-refractivity contribution >= 4 is 21.5 Å². The maximum Gasteiger partial charge on any atom is 0.294 e. The first-order valence-electron chi connectivity index (χ1n) is 9.10. The SMILES string of the molecule is O=Nc1ccccc1-c1nc(-c2cccc(S(=O)(=O)O)c2)nc(-c2ccccc2N=O)n1. The molecule has 1 heterocycles. The maximum absolute atomic E-state index is 11.6. The molecule has 0 unspecified atom stereocenters. The summed E-state index contributed by atoms with van der Waals surface area (Å²) in [7, 11) is -4.46. The average molecular weight is 447 g/mol. The molecule has 10 nitrogen and oxygen atoms in total. The van der Waals surface area contributed by atoms with E-state index in [9.17, 15) is 22.8 Å². The second-order valence-electron chi connectivity index (χ2n) is 6.53. The highest BCUT2D eigenvalue weighted by Gasteiger charge is 2.18. The zero-order valence-electron chi connectivity index (χ0n) is 16.2. The molecule has 4 rings (SSSR count). The molecule has 0 bridgehead atoms. The van der Waals surface area contributed by atoms with Crippen LogP contribution in [0.1, 0.15) is 0 Å². The molecule has 0 fully saturated rings. The van der Waals surface area contributed by atoms with E-state index in [1.165, 1.54) is 30.3 Å². The zero-order valence-corrected chi connectivity index (χ0v) is 17.0. The highest BCUT2D eigenvalue weighted by atomic mass is 32.2. The van der Waals surface area contributed by atoms with Crippen molar-refractivity contribution < 1.29 is 13.0 Å². The minimum atomic E-state index is -4.46. The predicted octanol–water partition coefficient (Wildman–Crippen LogP) is 4.92. The first-order chi connectivity index (χ1) is 15.4. The van der Waals surface area contributed by atoms with Crippen LogP contribution in [0.5, 0.6) is 0 Å². The Balaban J connectivity index is 2.01. The average Bonchev–Trinajstić information content (AvgIpc) is 2.83. The van der Waals surface area contributed by atoms with Gasteiger partial charge in [-0.25, -0.2) is 15.0 Å². The lowest BCUT2D eigenvalue weighted by Gasteiger charge is -2.10. The number of rotatable bonds is 6. The molecular weight excluding hydrogens is 434 g/mol. The van der Waals surface area contributed by atoms with E-state index in [2.05, 4.69) is 25.3 Å². The Kier molecular flexibility index (Phi) is 5.58. The summed E-state index contributed by atoms with van der Waals surface area (Å²) in [6, 6.07) is 18.2. The van der Waals surface area contributed by atoms with Crippen LogP contribution in [0.4, 0.5) is 11.4 Å². The third kappa shape index (κ3) is 4.15. The predicted molar refractivity (Wildman–Crippen MR) is 117 cm³/mol. The van der Waals surface area contributed by atoms with Crippen molar-refractivity contribution in [2.24, 2.45) is 10.4 Å². The van der Waals surface area contributed by atoms with Crippen LogP contribution in [0, 0.1) is 9.81 Å². The molecule has 0 aliphatic rings. The van der Waals surface area contributed by atoms with E-state index < -0.39 is 10.1 Å². The molecule has 1 N–H and O–H groups in total. The first kappa shape index (κ1) is 21.0. The van der Waals surface area contributed by atoms with Gasteiger partial charge < -0.3 is 0 Å². The second kappa shape index (κ2) is 8.49. The van der Waals surface area contributed by atoms with Crippen LogP contribution in [-0.2, 0) is 10.1 Å². The summed E-state index contributed by atoms with van der Waals surface area (Å²) in [5.41, 5.74) is 1.07. The molecule has 1 aromatic heterocycles. The topological polar surface area (TPSA) is 152 Å². The number of nitroso groups, excluding NO2 is 2. The molecule has 0 amide bonds. The van der Waals surface area contributed by atoms with Crippen molar-refractivity contribution in [3.63, 3.8) is 0 Å². The van der Waals surface area contributed by atoms with Gasteiger partial charge in [0.2, 0.25) is 0 Å². The summed E-state index contributed by atoms with van der Waals surface area (Å²) in [6.07, 6.45) is 0. The fourth-order valence-electron chi connectivity index (χ4n) is 3.03. The molecule has 4 aromatic rings. The Hall–Kier alpha value is -4.22. The summed E-state index contributed by atoms with van der Waals surface area (Å²) in [4.78, 5) is 35.4. The summed E-state index contributed by atoms with van der Waals surface area (Å²) in [5, 5.41) is 6.00. The normalized spacial score (nSPS) is 11.2. The van der Waals surface area contributed by atoms with Crippen molar-refractivity contribution in [1.29, 1.82) is 0 Å². The van der Waals surface area contributed by atoms with Crippen molar-refractivity contribution in [3.05, 3.63) is 82.6 Å². The monoisotopic (exact) mass is 447 g/mol. The quantitative estimate of drug-likeness (QED) is 0.323. The van der Waals surface area contributed by atoms with E-state index in [1.54, 1.807) is 42.5 Å². The van der Waals surface area contributed by atoms with Gasteiger partial charge in [0.05, 0.1) is 4.90 Å². The zero-order chi connectivity index (χ0) is 22.7. The molecular formula is C21H13N5O5S. The Labute approximate surface area is 181 Å². The standard InChI is InChI=1S/C21H13N5O5S/c27-25-17-10-3-1-8-15(17)20-22-19(13-6-5-7-14(12-13)32(29,30)31)23-21(24-20)16-9-2-4-11-18(16)26-28/h1-12H,(H,29,30,31). The summed E-state index contributed by atoms with van der Waals surface area (Å²) < 4.78 is 32.5. The van der Waals surface area contributed by atoms with Gasteiger partial charge in [-0.05, 0) is 46.8 Å².